The van der Waals surface area contributed by atoms with E-state index in [4.69, 9.17) is 5.73 Å². The minimum Gasteiger partial charge on any atom is -0.384 e. The Morgan fingerprint density at radius 2 is 2.25 bits per heavy atom. The van der Waals surface area contributed by atoms with Crippen LogP contribution in [0.3, 0.4) is 0 Å². The third-order valence-corrected chi connectivity index (χ3v) is 3.78. The van der Waals surface area contributed by atoms with E-state index in [1.165, 1.54) is 11.8 Å². The van der Waals surface area contributed by atoms with E-state index >= 15 is 0 Å². The van der Waals surface area contributed by atoms with Crippen LogP contribution in [0.15, 0.2) is 11.2 Å². The Morgan fingerprint density at radius 3 is 2.94 bits per heavy atom. The zero-order chi connectivity index (χ0) is 11.5. The number of aryl methyl sites for hydroxylation is 1. The van der Waals surface area contributed by atoms with Gasteiger partial charge >= 0.3 is 0 Å². The van der Waals surface area contributed by atoms with Crippen molar-refractivity contribution in [1.82, 2.24) is 9.97 Å². The van der Waals surface area contributed by atoms with Gasteiger partial charge in [0.2, 0.25) is 0 Å². The summed E-state index contributed by atoms with van der Waals surface area (Å²) >= 11 is 1.45. The van der Waals surface area contributed by atoms with E-state index in [1.54, 1.807) is 6.07 Å². The molecule has 0 saturated heterocycles. The fourth-order valence-electron chi connectivity index (χ4n) is 1.82. The number of ketones is 1. The number of Topliss-reactive ketones (excluding diaryl/α,β-unsaturated/α-hetero) is 1. The highest BCUT2D eigenvalue weighted by Crippen LogP contribution is 2.29. The Hall–Kier alpha value is -1.10. The first-order valence-corrected chi connectivity index (χ1v) is 6.33. The van der Waals surface area contributed by atoms with Gasteiger partial charge in [-0.2, -0.15) is 0 Å². The van der Waals surface area contributed by atoms with Crippen LogP contribution in [0.25, 0.3) is 0 Å². The largest absolute Gasteiger partial charge is 0.384 e. The Kier molecular flexibility index (Phi) is 3.43. The monoisotopic (exact) mass is 237 g/mol. The molecule has 16 heavy (non-hydrogen) atoms. The zero-order valence-electron chi connectivity index (χ0n) is 9.27. The number of anilines is 1. The van der Waals surface area contributed by atoms with Gasteiger partial charge in [0.05, 0.1) is 5.25 Å². The number of hydrogen-bond donors (Lipinski definition) is 1. The molecule has 1 saturated carbocycles. The van der Waals surface area contributed by atoms with Crippen molar-refractivity contribution in [2.24, 2.45) is 0 Å². The first kappa shape index (κ1) is 11.4. The number of aromatic nitrogens is 2. The van der Waals surface area contributed by atoms with Gasteiger partial charge in [0.15, 0.2) is 5.16 Å². The predicted molar refractivity (Wildman–Crippen MR) is 64.3 cm³/mol. The van der Waals surface area contributed by atoms with Crippen molar-refractivity contribution in [2.45, 2.75) is 43.0 Å². The predicted octanol–water partition coefficient (Wildman–Crippen LogP) is 1.97. The lowest BCUT2D eigenvalue weighted by molar-refractivity contribution is -0.119. The molecular formula is C11H15N3OS. The third-order valence-electron chi connectivity index (χ3n) is 2.60. The molecule has 1 heterocycles. The van der Waals surface area contributed by atoms with Crippen LogP contribution in [0, 0.1) is 6.92 Å². The molecule has 0 radical (unpaired) electrons. The average molecular weight is 237 g/mol. The number of thioether (sulfide) groups is 1. The number of carbonyl (C=O) groups excluding carboxylic acids is 1. The Bertz CT molecular complexity index is 388. The van der Waals surface area contributed by atoms with Gasteiger partial charge in [-0.25, -0.2) is 9.97 Å². The third kappa shape index (κ3) is 2.72. The molecule has 0 aliphatic heterocycles. The summed E-state index contributed by atoms with van der Waals surface area (Å²) in [5.41, 5.74) is 6.50. The van der Waals surface area contributed by atoms with Gasteiger partial charge in [0.1, 0.15) is 11.6 Å². The molecule has 1 atom stereocenters. The Labute approximate surface area is 99.0 Å². The van der Waals surface area contributed by atoms with Crippen molar-refractivity contribution in [1.29, 1.82) is 0 Å². The summed E-state index contributed by atoms with van der Waals surface area (Å²) in [7, 11) is 0. The normalized spacial score (nSPS) is 21.1. The van der Waals surface area contributed by atoms with Crippen LogP contribution in [0.5, 0.6) is 0 Å². The fourth-order valence-corrected chi connectivity index (χ4v) is 2.96. The highest BCUT2D eigenvalue weighted by atomic mass is 32.2. The number of nitrogen functional groups attached to an aromatic ring is 1. The maximum atomic E-state index is 11.7. The summed E-state index contributed by atoms with van der Waals surface area (Å²) in [6.07, 6.45) is 3.76. The molecule has 0 spiro atoms. The Balaban J connectivity index is 2.10. The van der Waals surface area contributed by atoms with Crippen LogP contribution in [0.1, 0.15) is 31.4 Å². The van der Waals surface area contributed by atoms with Gasteiger partial charge in [0, 0.05) is 18.2 Å². The standard InChI is InChI=1S/C11H15N3OS/c1-7-6-10(12)14-11(13-7)16-9-5-3-2-4-8(9)15/h6,9H,2-5H2,1H3,(H2,12,13,14). The fraction of sp³-hybridized carbons (Fsp3) is 0.545. The van der Waals surface area contributed by atoms with E-state index in [1.807, 2.05) is 6.92 Å². The van der Waals surface area contributed by atoms with Crippen molar-refractivity contribution >= 4 is 23.4 Å². The van der Waals surface area contributed by atoms with Crippen molar-refractivity contribution in [3.63, 3.8) is 0 Å². The topological polar surface area (TPSA) is 68.9 Å². The number of hydrogen-bond acceptors (Lipinski definition) is 5. The minimum absolute atomic E-state index is 0.0231. The zero-order valence-corrected chi connectivity index (χ0v) is 10.1. The van der Waals surface area contributed by atoms with E-state index in [0.717, 1.165) is 25.0 Å². The van der Waals surface area contributed by atoms with Crippen LogP contribution in [0.2, 0.25) is 0 Å². The van der Waals surface area contributed by atoms with E-state index in [9.17, 15) is 4.79 Å². The Morgan fingerprint density at radius 1 is 1.44 bits per heavy atom. The second kappa shape index (κ2) is 4.82. The van der Waals surface area contributed by atoms with Gasteiger partial charge in [0.25, 0.3) is 0 Å². The molecule has 0 bridgehead atoms. The van der Waals surface area contributed by atoms with Gasteiger partial charge in [-0.1, -0.05) is 18.2 Å². The van der Waals surface area contributed by atoms with Gasteiger partial charge < -0.3 is 5.73 Å². The highest BCUT2D eigenvalue weighted by molar-refractivity contribution is 8.00. The van der Waals surface area contributed by atoms with Crippen LogP contribution >= 0.6 is 11.8 Å². The first-order valence-electron chi connectivity index (χ1n) is 5.45. The van der Waals surface area contributed by atoms with Gasteiger partial charge in [-0.3, -0.25) is 4.79 Å². The summed E-state index contributed by atoms with van der Waals surface area (Å²) in [6.45, 7) is 1.88. The van der Waals surface area contributed by atoms with E-state index < -0.39 is 0 Å². The molecule has 2 N–H and O–H groups in total. The van der Waals surface area contributed by atoms with Gasteiger partial charge in [-0.05, 0) is 19.8 Å². The molecule has 1 aliphatic carbocycles. The summed E-state index contributed by atoms with van der Waals surface area (Å²) in [6, 6.07) is 1.73. The summed E-state index contributed by atoms with van der Waals surface area (Å²) in [4.78, 5) is 20.1. The smallest absolute Gasteiger partial charge is 0.190 e. The quantitative estimate of drug-likeness (QED) is 0.796. The number of carbonyl (C=O) groups is 1. The molecule has 86 valence electrons. The van der Waals surface area contributed by atoms with Crippen LogP contribution in [-0.2, 0) is 4.79 Å². The molecule has 2 rings (SSSR count). The van der Waals surface area contributed by atoms with Crippen LogP contribution < -0.4 is 5.73 Å². The molecule has 1 aromatic rings. The minimum atomic E-state index is 0.0231. The summed E-state index contributed by atoms with van der Waals surface area (Å²) in [5, 5.41) is 0.646. The van der Waals surface area contributed by atoms with E-state index in [0.29, 0.717) is 23.2 Å². The summed E-state index contributed by atoms with van der Waals surface area (Å²) in [5.74, 6) is 0.790. The lowest BCUT2D eigenvalue weighted by Crippen LogP contribution is -2.21. The van der Waals surface area contributed by atoms with E-state index in [2.05, 4.69) is 9.97 Å². The van der Waals surface area contributed by atoms with Crippen molar-refractivity contribution < 1.29 is 4.79 Å². The molecule has 4 nitrogen and oxygen atoms in total. The molecule has 1 aromatic heterocycles. The van der Waals surface area contributed by atoms with Crippen LogP contribution in [0.4, 0.5) is 5.82 Å². The van der Waals surface area contributed by atoms with Crippen LogP contribution in [-0.4, -0.2) is 21.0 Å². The average Bonchev–Trinajstić information content (AvgIpc) is 2.20. The number of nitrogens with two attached hydrogens (primary N) is 1. The maximum absolute atomic E-state index is 11.7. The number of nitrogens with zero attached hydrogens (tertiary/aromatic N) is 2. The SMILES string of the molecule is Cc1cc(N)nc(SC2CCCCC2=O)n1. The maximum Gasteiger partial charge on any atom is 0.190 e. The molecule has 5 heteroatoms. The van der Waals surface area contributed by atoms with Crippen molar-refractivity contribution in [2.75, 3.05) is 5.73 Å². The lowest BCUT2D eigenvalue weighted by atomic mass is 9.99. The van der Waals surface area contributed by atoms with Crippen molar-refractivity contribution in [3.8, 4) is 0 Å². The second-order valence-electron chi connectivity index (χ2n) is 4.04. The number of rotatable bonds is 2. The van der Waals surface area contributed by atoms with Gasteiger partial charge in [-0.15, -0.1) is 0 Å². The molecule has 0 amide bonds. The summed E-state index contributed by atoms with van der Waals surface area (Å²) < 4.78 is 0. The molecule has 1 unspecified atom stereocenters. The highest BCUT2D eigenvalue weighted by Gasteiger charge is 2.24. The lowest BCUT2D eigenvalue weighted by Gasteiger charge is -2.18. The molecule has 1 fully saturated rings. The molecular weight excluding hydrogens is 222 g/mol. The van der Waals surface area contributed by atoms with Crippen molar-refractivity contribution in [3.05, 3.63) is 11.8 Å². The molecule has 0 aromatic carbocycles. The second-order valence-corrected chi connectivity index (χ2v) is 5.21. The van der Waals surface area contributed by atoms with E-state index in [-0.39, 0.29) is 5.25 Å². The molecule has 1 aliphatic rings. The first-order chi connectivity index (χ1) is 7.65.